The molecule has 15 heavy (non-hydrogen) atoms. The van der Waals surface area contributed by atoms with Crippen LogP contribution in [0.1, 0.15) is 19.0 Å². The molecule has 0 fully saturated rings. The van der Waals surface area contributed by atoms with Crippen LogP contribution >= 0.6 is 15.9 Å². The number of aromatic nitrogens is 1. The fourth-order valence-corrected chi connectivity index (χ4v) is 1.63. The number of hydrogen-bond acceptors (Lipinski definition) is 2. The van der Waals surface area contributed by atoms with E-state index in [2.05, 4.69) is 20.9 Å². The molecule has 0 saturated heterocycles. The quantitative estimate of drug-likeness (QED) is 0.866. The van der Waals surface area contributed by atoms with Crippen LogP contribution in [-0.2, 0) is 5.60 Å². The third-order valence-electron chi connectivity index (χ3n) is 2.13. The normalized spacial score (nSPS) is 16.1. The second kappa shape index (κ2) is 4.09. The number of hydrogen-bond donors (Lipinski definition) is 1. The molecule has 0 spiro atoms. The van der Waals surface area contributed by atoms with E-state index in [9.17, 15) is 18.3 Å². The van der Waals surface area contributed by atoms with E-state index in [0.29, 0.717) is 0 Å². The Kier molecular flexibility index (Phi) is 3.40. The van der Waals surface area contributed by atoms with Crippen LogP contribution in [0.5, 0.6) is 0 Å². The first-order valence-electron chi connectivity index (χ1n) is 4.22. The van der Waals surface area contributed by atoms with Crippen molar-refractivity contribution in [3.63, 3.8) is 0 Å². The smallest absolute Gasteiger partial charge is 0.335 e. The third kappa shape index (κ3) is 2.31. The summed E-state index contributed by atoms with van der Waals surface area (Å²) in [5, 5.41) is 9.74. The summed E-state index contributed by atoms with van der Waals surface area (Å²) in [5.41, 5.74) is -2.70. The Morgan fingerprint density at radius 2 is 2.07 bits per heavy atom. The molecule has 84 valence electrons. The summed E-state index contributed by atoms with van der Waals surface area (Å²) in [6.07, 6.45) is 0.540. The minimum Gasteiger partial charge on any atom is -0.377 e. The standard InChI is InChI=1S/C9H9BrF3NO/c1-2-8(15,9(10,12)13)7-4-3-6(11)5-14-7/h3-5,15H,2H2,1H3. The van der Waals surface area contributed by atoms with E-state index in [-0.39, 0.29) is 12.1 Å². The van der Waals surface area contributed by atoms with E-state index in [4.69, 9.17) is 0 Å². The molecule has 1 heterocycles. The van der Waals surface area contributed by atoms with Crippen LogP contribution < -0.4 is 0 Å². The van der Waals surface area contributed by atoms with Crippen molar-refractivity contribution in [3.8, 4) is 0 Å². The molecule has 1 N–H and O–H groups in total. The summed E-state index contributed by atoms with van der Waals surface area (Å²) in [6, 6.07) is 2.01. The molecule has 1 atom stereocenters. The number of nitrogens with zero attached hydrogens (tertiary/aromatic N) is 1. The number of alkyl halides is 3. The van der Waals surface area contributed by atoms with Gasteiger partial charge in [-0.25, -0.2) is 4.39 Å². The van der Waals surface area contributed by atoms with Crippen molar-refractivity contribution >= 4 is 15.9 Å². The predicted molar refractivity (Wildman–Crippen MR) is 52.3 cm³/mol. The van der Waals surface area contributed by atoms with Crippen molar-refractivity contribution in [1.82, 2.24) is 4.98 Å². The highest BCUT2D eigenvalue weighted by Gasteiger charge is 2.51. The van der Waals surface area contributed by atoms with Crippen LogP contribution in [0, 0.1) is 5.82 Å². The lowest BCUT2D eigenvalue weighted by molar-refractivity contribution is -0.126. The number of rotatable bonds is 3. The van der Waals surface area contributed by atoms with Gasteiger partial charge in [0.15, 0.2) is 5.60 Å². The summed E-state index contributed by atoms with van der Waals surface area (Å²) in [6.45, 7) is 1.39. The molecule has 6 heteroatoms. The van der Waals surface area contributed by atoms with Crippen LogP contribution in [0.4, 0.5) is 13.2 Å². The van der Waals surface area contributed by atoms with Crippen molar-refractivity contribution in [2.24, 2.45) is 0 Å². The van der Waals surface area contributed by atoms with Crippen LogP contribution in [-0.4, -0.2) is 14.9 Å². The highest BCUT2D eigenvalue weighted by atomic mass is 79.9. The van der Waals surface area contributed by atoms with Crippen molar-refractivity contribution in [1.29, 1.82) is 0 Å². The molecule has 0 bridgehead atoms. The first-order chi connectivity index (χ1) is 6.81. The molecular formula is C9H9BrF3NO. The monoisotopic (exact) mass is 283 g/mol. The Hall–Kier alpha value is -0.620. The molecular weight excluding hydrogens is 275 g/mol. The zero-order valence-electron chi connectivity index (χ0n) is 7.85. The Morgan fingerprint density at radius 1 is 1.47 bits per heavy atom. The van der Waals surface area contributed by atoms with Gasteiger partial charge in [-0.3, -0.25) is 4.98 Å². The summed E-state index contributed by atoms with van der Waals surface area (Å²) in [7, 11) is 0. The molecule has 0 aliphatic rings. The molecule has 0 amide bonds. The fraction of sp³-hybridized carbons (Fsp3) is 0.444. The summed E-state index contributed by atoms with van der Waals surface area (Å²) >= 11 is 2.10. The van der Waals surface area contributed by atoms with Crippen LogP contribution in [0.25, 0.3) is 0 Å². The molecule has 0 aliphatic carbocycles. The van der Waals surface area contributed by atoms with E-state index < -0.39 is 16.3 Å². The highest BCUT2D eigenvalue weighted by molar-refractivity contribution is 9.10. The maximum atomic E-state index is 13.1. The molecule has 0 aromatic carbocycles. The molecule has 0 aliphatic heterocycles. The van der Waals surface area contributed by atoms with Crippen molar-refractivity contribution in [3.05, 3.63) is 29.8 Å². The van der Waals surface area contributed by atoms with Gasteiger partial charge < -0.3 is 5.11 Å². The Labute approximate surface area is 93.3 Å². The highest BCUT2D eigenvalue weighted by Crippen LogP contribution is 2.43. The molecule has 0 saturated carbocycles. The summed E-state index contributed by atoms with van der Waals surface area (Å²) < 4.78 is 38.7. The van der Waals surface area contributed by atoms with E-state index in [1.807, 2.05) is 0 Å². The zero-order chi connectivity index (χ0) is 11.7. The minimum atomic E-state index is -3.51. The molecule has 2 nitrogen and oxygen atoms in total. The fourth-order valence-electron chi connectivity index (χ4n) is 1.15. The first kappa shape index (κ1) is 12.4. The van der Waals surface area contributed by atoms with Gasteiger partial charge in [-0.1, -0.05) is 6.92 Å². The molecule has 1 aromatic heterocycles. The second-order valence-corrected chi connectivity index (χ2v) is 4.07. The van der Waals surface area contributed by atoms with E-state index >= 15 is 0 Å². The summed E-state index contributed by atoms with van der Waals surface area (Å²) in [5.74, 6) is -0.643. The Bertz CT molecular complexity index is 338. The van der Waals surface area contributed by atoms with Gasteiger partial charge in [-0.05, 0) is 34.5 Å². The maximum Gasteiger partial charge on any atom is 0.335 e. The van der Waals surface area contributed by atoms with Crippen molar-refractivity contribution < 1.29 is 18.3 Å². The van der Waals surface area contributed by atoms with Crippen molar-refractivity contribution in [2.75, 3.05) is 0 Å². The van der Waals surface area contributed by atoms with Gasteiger partial charge in [-0.2, -0.15) is 8.78 Å². The minimum absolute atomic E-state index is 0.246. The number of halogens is 4. The van der Waals surface area contributed by atoms with Crippen LogP contribution in [0.3, 0.4) is 0 Å². The van der Waals surface area contributed by atoms with E-state index in [0.717, 1.165) is 18.3 Å². The van der Waals surface area contributed by atoms with Gasteiger partial charge in [0.05, 0.1) is 11.9 Å². The average Bonchev–Trinajstić information content (AvgIpc) is 2.16. The lowest BCUT2D eigenvalue weighted by atomic mass is 9.96. The van der Waals surface area contributed by atoms with Gasteiger partial charge in [0.1, 0.15) is 5.82 Å². The Morgan fingerprint density at radius 3 is 2.40 bits per heavy atom. The molecule has 0 radical (unpaired) electrons. The summed E-state index contributed by atoms with van der Waals surface area (Å²) in [4.78, 5) is -0.0616. The predicted octanol–water partition coefficient (Wildman–Crippen LogP) is 2.81. The van der Waals surface area contributed by atoms with Gasteiger partial charge in [0.25, 0.3) is 0 Å². The van der Waals surface area contributed by atoms with E-state index in [1.165, 1.54) is 6.92 Å². The van der Waals surface area contributed by atoms with Gasteiger partial charge >= 0.3 is 4.83 Å². The third-order valence-corrected chi connectivity index (χ3v) is 2.79. The Balaban J connectivity index is 3.18. The molecule has 1 rings (SSSR count). The topological polar surface area (TPSA) is 33.1 Å². The molecule has 1 aromatic rings. The van der Waals surface area contributed by atoms with Crippen LogP contribution in [0.2, 0.25) is 0 Å². The first-order valence-corrected chi connectivity index (χ1v) is 5.01. The van der Waals surface area contributed by atoms with E-state index in [1.54, 1.807) is 0 Å². The van der Waals surface area contributed by atoms with Crippen molar-refractivity contribution in [2.45, 2.75) is 23.8 Å². The lowest BCUT2D eigenvalue weighted by Gasteiger charge is -2.30. The largest absolute Gasteiger partial charge is 0.377 e. The zero-order valence-corrected chi connectivity index (χ0v) is 9.43. The maximum absolute atomic E-state index is 13.1. The van der Waals surface area contributed by atoms with Gasteiger partial charge in [-0.15, -0.1) is 0 Å². The average molecular weight is 284 g/mol. The molecule has 1 unspecified atom stereocenters. The lowest BCUT2D eigenvalue weighted by Crippen LogP contribution is -2.41. The number of pyridine rings is 1. The SMILES string of the molecule is CCC(O)(c1ccc(F)cn1)C(F)(F)Br. The van der Waals surface area contributed by atoms with Gasteiger partial charge in [0, 0.05) is 0 Å². The second-order valence-electron chi connectivity index (χ2n) is 3.07. The van der Waals surface area contributed by atoms with Crippen LogP contribution in [0.15, 0.2) is 18.3 Å². The van der Waals surface area contributed by atoms with Gasteiger partial charge in [0.2, 0.25) is 0 Å². The number of aliphatic hydroxyl groups is 1.